The van der Waals surface area contributed by atoms with Gasteiger partial charge in [-0.1, -0.05) is 32.0 Å². The predicted octanol–water partition coefficient (Wildman–Crippen LogP) is 4.32. The lowest BCUT2D eigenvalue weighted by Crippen LogP contribution is -2.18. The number of phenols is 1. The largest absolute Gasteiger partial charge is 0.508 e. The summed E-state index contributed by atoms with van der Waals surface area (Å²) in [4.78, 5) is 0. The maximum Gasteiger partial charge on any atom is 0.175 e. The molecule has 0 aliphatic heterocycles. The van der Waals surface area contributed by atoms with E-state index in [0.717, 1.165) is 11.4 Å². The molecular formula is C16H18N2OS. The number of hydrogen-bond acceptors (Lipinski definition) is 2. The van der Waals surface area contributed by atoms with E-state index in [1.165, 1.54) is 5.56 Å². The third-order valence-electron chi connectivity index (χ3n) is 2.94. The molecule has 2 aromatic carbocycles. The Morgan fingerprint density at radius 1 is 1.00 bits per heavy atom. The van der Waals surface area contributed by atoms with Gasteiger partial charge < -0.3 is 15.7 Å². The Balaban J connectivity index is 1.97. The molecule has 3 nitrogen and oxygen atoms in total. The molecular weight excluding hydrogens is 268 g/mol. The molecule has 20 heavy (non-hydrogen) atoms. The second kappa shape index (κ2) is 6.39. The molecule has 0 fully saturated rings. The maximum absolute atomic E-state index is 9.39. The zero-order valence-corrected chi connectivity index (χ0v) is 12.4. The summed E-state index contributed by atoms with van der Waals surface area (Å²) in [5.74, 6) is 0.723. The zero-order chi connectivity index (χ0) is 14.5. The minimum Gasteiger partial charge on any atom is -0.508 e. The number of benzene rings is 2. The topological polar surface area (TPSA) is 44.3 Å². The van der Waals surface area contributed by atoms with Gasteiger partial charge in [-0.3, -0.25) is 0 Å². The third kappa shape index (κ3) is 3.96. The van der Waals surface area contributed by atoms with E-state index in [2.05, 4.69) is 36.6 Å². The van der Waals surface area contributed by atoms with Gasteiger partial charge in [0.2, 0.25) is 0 Å². The molecule has 2 aromatic rings. The zero-order valence-electron chi connectivity index (χ0n) is 11.6. The Hall–Kier alpha value is -2.07. The van der Waals surface area contributed by atoms with Gasteiger partial charge in [0.05, 0.1) is 0 Å². The van der Waals surface area contributed by atoms with E-state index < -0.39 is 0 Å². The van der Waals surface area contributed by atoms with Gasteiger partial charge in [-0.2, -0.15) is 0 Å². The molecule has 0 amide bonds. The fraction of sp³-hybridized carbons (Fsp3) is 0.188. The van der Waals surface area contributed by atoms with Crippen LogP contribution in [0.2, 0.25) is 0 Å². The van der Waals surface area contributed by atoms with Crippen LogP contribution in [0.4, 0.5) is 11.4 Å². The molecule has 0 saturated heterocycles. The lowest BCUT2D eigenvalue weighted by Gasteiger charge is -2.12. The molecule has 2 rings (SSSR count). The first-order valence-corrected chi connectivity index (χ1v) is 6.92. The van der Waals surface area contributed by atoms with E-state index >= 15 is 0 Å². The summed E-state index contributed by atoms with van der Waals surface area (Å²) in [5, 5.41) is 16.0. The standard InChI is InChI=1S/C16H18N2OS/c1-11(2)12-6-8-13(9-7-12)17-16(20)18-14-4-3-5-15(19)10-14/h3-11,19H,1-2H3,(H2,17,18,20). The molecule has 0 saturated carbocycles. The van der Waals surface area contributed by atoms with Gasteiger partial charge in [-0.05, 0) is 48.0 Å². The van der Waals surface area contributed by atoms with Crippen LogP contribution < -0.4 is 10.6 Å². The number of nitrogens with one attached hydrogen (secondary N) is 2. The molecule has 0 radical (unpaired) electrons. The van der Waals surface area contributed by atoms with E-state index in [-0.39, 0.29) is 5.75 Å². The van der Waals surface area contributed by atoms with Crippen LogP contribution in [-0.4, -0.2) is 10.2 Å². The van der Waals surface area contributed by atoms with E-state index in [1.54, 1.807) is 18.2 Å². The summed E-state index contributed by atoms with van der Waals surface area (Å²) in [6.45, 7) is 4.33. The van der Waals surface area contributed by atoms with E-state index in [0.29, 0.717) is 11.0 Å². The molecule has 104 valence electrons. The first-order valence-electron chi connectivity index (χ1n) is 6.51. The Bertz CT molecular complexity index is 594. The molecule has 3 N–H and O–H groups in total. The van der Waals surface area contributed by atoms with Crippen molar-refractivity contribution < 1.29 is 5.11 Å². The van der Waals surface area contributed by atoms with Gasteiger partial charge >= 0.3 is 0 Å². The van der Waals surface area contributed by atoms with Gasteiger partial charge in [-0.15, -0.1) is 0 Å². The number of hydrogen-bond donors (Lipinski definition) is 3. The van der Waals surface area contributed by atoms with Crippen molar-refractivity contribution in [1.82, 2.24) is 0 Å². The molecule has 0 bridgehead atoms. The van der Waals surface area contributed by atoms with Gasteiger partial charge in [0.25, 0.3) is 0 Å². The van der Waals surface area contributed by atoms with Crippen LogP contribution in [0, 0.1) is 0 Å². The van der Waals surface area contributed by atoms with Gasteiger partial charge in [-0.25, -0.2) is 0 Å². The number of rotatable bonds is 3. The molecule has 4 heteroatoms. The Morgan fingerprint density at radius 3 is 2.25 bits per heavy atom. The third-order valence-corrected chi connectivity index (χ3v) is 3.14. The minimum absolute atomic E-state index is 0.207. The summed E-state index contributed by atoms with van der Waals surface area (Å²) in [6, 6.07) is 15.0. The average Bonchev–Trinajstić information content (AvgIpc) is 2.39. The average molecular weight is 286 g/mol. The molecule has 0 unspecified atom stereocenters. The van der Waals surface area contributed by atoms with Crippen molar-refractivity contribution in [3.05, 3.63) is 54.1 Å². The highest BCUT2D eigenvalue weighted by Crippen LogP contribution is 2.18. The van der Waals surface area contributed by atoms with Crippen molar-refractivity contribution in [2.75, 3.05) is 10.6 Å². The number of phenolic OH excluding ortho intramolecular Hbond substituents is 1. The Morgan fingerprint density at radius 2 is 1.65 bits per heavy atom. The SMILES string of the molecule is CC(C)c1ccc(NC(=S)Nc2cccc(O)c2)cc1. The van der Waals surface area contributed by atoms with Crippen molar-refractivity contribution in [2.45, 2.75) is 19.8 Å². The van der Waals surface area contributed by atoms with E-state index in [4.69, 9.17) is 12.2 Å². The van der Waals surface area contributed by atoms with Crippen molar-refractivity contribution in [3.8, 4) is 5.75 Å². The summed E-state index contributed by atoms with van der Waals surface area (Å²) >= 11 is 5.24. The van der Waals surface area contributed by atoms with Crippen LogP contribution in [0.3, 0.4) is 0 Å². The lowest BCUT2D eigenvalue weighted by molar-refractivity contribution is 0.475. The highest BCUT2D eigenvalue weighted by atomic mass is 32.1. The quantitative estimate of drug-likeness (QED) is 0.735. The molecule has 0 atom stereocenters. The first kappa shape index (κ1) is 14.3. The van der Waals surface area contributed by atoms with Crippen molar-refractivity contribution >= 4 is 28.7 Å². The van der Waals surface area contributed by atoms with Crippen LogP contribution >= 0.6 is 12.2 Å². The van der Waals surface area contributed by atoms with Gasteiger partial charge in [0, 0.05) is 17.4 Å². The van der Waals surface area contributed by atoms with Crippen LogP contribution in [0.25, 0.3) is 0 Å². The normalized spacial score (nSPS) is 10.3. The highest BCUT2D eigenvalue weighted by Gasteiger charge is 2.01. The Kier molecular flexibility index (Phi) is 4.58. The molecule has 0 heterocycles. The molecule has 0 aliphatic carbocycles. The van der Waals surface area contributed by atoms with Crippen molar-refractivity contribution in [1.29, 1.82) is 0 Å². The van der Waals surface area contributed by atoms with Gasteiger partial charge in [0.1, 0.15) is 5.75 Å². The highest BCUT2D eigenvalue weighted by molar-refractivity contribution is 7.80. The van der Waals surface area contributed by atoms with Crippen LogP contribution in [0.15, 0.2) is 48.5 Å². The van der Waals surface area contributed by atoms with E-state index in [9.17, 15) is 5.11 Å². The summed E-state index contributed by atoms with van der Waals surface area (Å²) in [5.41, 5.74) is 2.98. The summed E-state index contributed by atoms with van der Waals surface area (Å²) in [6.07, 6.45) is 0. The van der Waals surface area contributed by atoms with Crippen LogP contribution in [-0.2, 0) is 0 Å². The summed E-state index contributed by atoms with van der Waals surface area (Å²) < 4.78 is 0. The lowest BCUT2D eigenvalue weighted by atomic mass is 10.0. The molecule has 0 spiro atoms. The first-order chi connectivity index (χ1) is 9.54. The van der Waals surface area contributed by atoms with Crippen LogP contribution in [0.1, 0.15) is 25.3 Å². The number of aromatic hydroxyl groups is 1. The summed E-state index contributed by atoms with van der Waals surface area (Å²) in [7, 11) is 0. The van der Waals surface area contributed by atoms with E-state index in [1.807, 2.05) is 18.2 Å². The molecule has 0 aliphatic rings. The van der Waals surface area contributed by atoms with Crippen molar-refractivity contribution in [2.24, 2.45) is 0 Å². The monoisotopic (exact) mass is 286 g/mol. The second-order valence-corrected chi connectivity index (χ2v) is 5.31. The second-order valence-electron chi connectivity index (χ2n) is 4.91. The fourth-order valence-corrected chi connectivity index (χ4v) is 2.06. The smallest absolute Gasteiger partial charge is 0.175 e. The van der Waals surface area contributed by atoms with Crippen molar-refractivity contribution in [3.63, 3.8) is 0 Å². The number of thiocarbonyl (C=S) groups is 1. The maximum atomic E-state index is 9.39. The van der Waals surface area contributed by atoms with Gasteiger partial charge in [0.15, 0.2) is 5.11 Å². The van der Waals surface area contributed by atoms with Crippen LogP contribution in [0.5, 0.6) is 5.75 Å². The molecule has 0 aromatic heterocycles. The Labute approximate surface area is 124 Å². The minimum atomic E-state index is 0.207. The predicted molar refractivity (Wildman–Crippen MR) is 88.5 cm³/mol. The fourth-order valence-electron chi connectivity index (χ4n) is 1.83. The number of anilines is 2.